The van der Waals surface area contributed by atoms with Crippen molar-refractivity contribution in [1.29, 1.82) is 0 Å². The minimum absolute atomic E-state index is 0.342. The highest BCUT2D eigenvalue weighted by atomic mass is 16.5. The van der Waals surface area contributed by atoms with Gasteiger partial charge in [0, 0.05) is 32.3 Å². The van der Waals surface area contributed by atoms with E-state index in [9.17, 15) is 0 Å². The number of piperidine rings is 1. The number of hydrogen-bond donors (Lipinski definition) is 0. The second-order valence-electron chi connectivity index (χ2n) is 7.73. The highest BCUT2D eigenvalue weighted by Crippen LogP contribution is 2.35. The normalized spacial score (nSPS) is 37.4. The van der Waals surface area contributed by atoms with E-state index in [-0.39, 0.29) is 0 Å². The summed E-state index contributed by atoms with van der Waals surface area (Å²) in [6.45, 7) is 8.08. The summed E-state index contributed by atoms with van der Waals surface area (Å²) in [5.41, 5.74) is 0. The molecule has 2 heterocycles. The van der Waals surface area contributed by atoms with Crippen molar-refractivity contribution in [2.24, 2.45) is 5.92 Å². The van der Waals surface area contributed by atoms with Crippen molar-refractivity contribution >= 4 is 0 Å². The van der Waals surface area contributed by atoms with Crippen molar-refractivity contribution in [3.8, 4) is 0 Å². The van der Waals surface area contributed by atoms with Crippen molar-refractivity contribution in [3.05, 3.63) is 0 Å². The molecule has 4 rings (SSSR count). The number of fused-ring (bicyclic) bond motifs is 1. The van der Waals surface area contributed by atoms with Gasteiger partial charge < -0.3 is 14.4 Å². The topological polar surface area (TPSA) is 24.9 Å². The van der Waals surface area contributed by atoms with Crippen LogP contribution >= 0.6 is 0 Å². The van der Waals surface area contributed by atoms with E-state index >= 15 is 0 Å². The Labute approximate surface area is 135 Å². The Hall–Kier alpha value is -0.160. The van der Waals surface area contributed by atoms with Gasteiger partial charge in [-0.05, 0) is 57.5 Å². The maximum absolute atomic E-state index is 6.18. The molecule has 0 spiro atoms. The molecule has 4 aliphatic rings. The van der Waals surface area contributed by atoms with Gasteiger partial charge in [0.2, 0.25) is 0 Å². The summed E-state index contributed by atoms with van der Waals surface area (Å²) in [7, 11) is 0. The van der Waals surface area contributed by atoms with Gasteiger partial charge in [0.15, 0.2) is 0 Å². The van der Waals surface area contributed by atoms with E-state index in [4.69, 9.17) is 9.47 Å². The zero-order chi connectivity index (χ0) is 14.8. The zero-order valence-corrected chi connectivity index (χ0v) is 13.9. The number of rotatable bonds is 6. The van der Waals surface area contributed by atoms with E-state index in [1.807, 2.05) is 0 Å². The maximum atomic E-state index is 6.18. The van der Waals surface area contributed by atoms with Crippen LogP contribution in [0.2, 0.25) is 0 Å². The summed E-state index contributed by atoms with van der Waals surface area (Å²) >= 11 is 0. The maximum Gasteiger partial charge on any atom is 0.0991 e. The molecule has 3 atom stereocenters. The van der Waals surface area contributed by atoms with Crippen LogP contribution in [0.5, 0.6) is 0 Å². The Morgan fingerprint density at radius 2 is 1.77 bits per heavy atom. The largest absolute Gasteiger partial charge is 0.375 e. The molecular weight excluding hydrogens is 276 g/mol. The van der Waals surface area contributed by atoms with Gasteiger partial charge in [-0.15, -0.1) is 0 Å². The molecule has 2 saturated heterocycles. The summed E-state index contributed by atoms with van der Waals surface area (Å²) in [6.07, 6.45) is 10.1. The van der Waals surface area contributed by atoms with Crippen LogP contribution in [0.4, 0.5) is 0 Å². The summed E-state index contributed by atoms with van der Waals surface area (Å²) in [5.74, 6) is 0.859. The Bertz CT molecular complexity index is 355. The van der Waals surface area contributed by atoms with Crippen LogP contribution in [0.25, 0.3) is 0 Å². The lowest BCUT2D eigenvalue weighted by Gasteiger charge is -2.40. The van der Waals surface area contributed by atoms with Crippen molar-refractivity contribution in [2.45, 2.75) is 63.2 Å². The molecule has 4 fully saturated rings. The van der Waals surface area contributed by atoms with Crippen LogP contribution in [-0.4, -0.2) is 74.0 Å². The second kappa shape index (κ2) is 7.16. The first-order valence-corrected chi connectivity index (χ1v) is 9.60. The molecule has 2 saturated carbocycles. The first-order chi connectivity index (χ1) is 10.9. The van der Waals surface area contributed by atoms with Crippen molar-refractivity contribution in [2.75, 3.05) is 45.9 Å². The predicted octanol–water partition coefficient (Wildman–Crippen LogP) is 2.13. The molecule has 0 radical (unpaired) electrons. The molecular formula is C18H32N2O2. The molecule has 0 aromatic rings. The van der Waals surface area contributed by atoms with Gasteiger partial charge in [-0.2, -0.15) is 0 Å². The van der Waals surface area contributed by atoms with E-state index in [0.29, 0.717) is 18.2 Å². The molecule has 0 aromatic heterocycles. The van der Waals surface area contributed by atoms with Gasteiger partial charge in [-0.1, -0.05) is 6.42 Å². The van der Waals surface area contributed by atoms with Crippen LogP contribution < -0.4 is 0 Å². The molecule has 22 heavy (non-hydrogen) atoms. The van der Waals surface area contributed by atoms with Crippen molar-refractivity contribution in [1.82, 2.24) is 9.80 Å². The van der Waals surface area contributed by atoms with Crippen LogP contribution in [0, 0.1) is 5.92 Å². The summed E-state index contributed by atoms with van der Waals surface area (Å²) in [5, 5.41) is 0. The summed E-state index contributed by atoms with van der Waals surface area (Å²) < 4.78 is 12.3. The van der Waals surface area contributed by atoms with E-state index in [1.165, 1.54) is 71.1 Å². The van der Waals surface area contributed by atoms with Crippen molar-refractivity contribution < 1.29 is 9.47 Å². The number of morpholine rings is 1. The van der Waals surface area contributed by atoms with E-state index in [1.54, 1.807) is 0 Å². The van der Waals surface area contributed by atoms with Crippen molar-refractivity contribution in [3.63, 3.8) is 0 Å². The number of ether oxygens (including phenoxy) is 2. The highest BCUT2D eigenvalue weighted by molar-refractivity contribution is 4.96. The Balaban J connectivity index is 1.26. The van der Waals surface area contributed by atoms with E-state index < -0.39 is 0 Å². The molecule has 0 bridgehead atoms. The first-order valence-electron chi connectivity index (χ1n) is 9.60. The van der Waals surface area contributed by atoms with Crippen LogP contribution in [0.1, 0.15) is 44.9 Å². The quantitative estimate of drug-likeness (QED) is 0.750. The monoisotopic (exact) mass is 308 g/mol. The minimum Gasteiger partial charge on any atom is -0.375 e. The van der Waals surface area contributed by atoms with Crippen LogP contribution in [0.3, 0.4) is 0 Å². The van der Waals surface area contributed by atoms with Crippen LogP contribution in [0.15, 0.2) is 0 Å². The lowest BCUT2D eigenvalue weighted by Crippen LogP contribution is -2.53. The fraction of sp³-hybridized carbons (Fsp3) is 1.00. The van der Waals surface area contributed by atoms with Gasteiger partial charge in [0.05, 0.1) is 18.8 Å². The third-order valence-electron chi connectivity index (χ3n) is 6.05. The molecule has 0 aromatic carbocycles. The molecule has 0 amide bonds. The second-order valence-corrected chi connectivity index (χ2v) is 7.73. The smallest absolute Gasteiger partial charge is 0.0991 e. The molecule has 0 unspecified atom stereocenters. The van der Waals surface area contributed by atoms with Gasteiger partial charge >= 0.3 is 0 Å². The molecule has 4 nitrogen and oxygen atoms in total. The van der Waals surface area contributed by atoms with Gasteiger partial charge in [0.25, 0.3) is 0 Å². The Kier molecular flexibility index (Phi) is 5.01. The fourth-order valence-electron chi connectivity index (χ4n) is 4.44. The lowest BCUT2D eigenvalue weighted by molar-refractivity contribution is -0.115. The van der Waals surface area contributed by atoms with Gasteiger partial charge in [0.1, 0.15) is 0 Å². The third kappa shape index (κ3) is 3.66. The van der Waals surface area contributed by atoms with Gasteiger partial charge in [-0.3, -0.25) is 4.90 Å². The zero-order valence-electron chi connectivity index (χ0n) is 13.9. The van der Waals surface area contributed by atoms with Crippen LogP contribution in [-0.2, 0) is 9.47 Å². The van der Waals surface area contributed by atoms with Gasteiger partial charge in [-0.25, -0.2) is 0 Å². The number of nitrogens with zero attached hydrogens (tertiary/aromatic N) is 2. The number of likely N-dealkylation sites (tertiary alicyclic amines) is 1. The average molecular weight is 308 g/mol. The third-order valence-corrected chi connectivity index (χ3v) is 6.05. The number of hydrogen-bond acceptors (Lipinski definition) is 4. The van der Waals surface area contributed by atoms with E-state index in [2.05, 4.69) is 9.80 Å². The molecule has 126 valence electrons. The molecule has 0 N–H and O–H groups in total. The molecule has 4 heteroatoms. The predicted molar refractivity (Wildman–Crippen MR) is 87.1 cm³/mol. The first kappa shape index (κ1) is 15.4. The SMILES string of the molecule is C1CCN(CCN2CCO[C@H]3[C@H](OCC4CC4)CC[C@@H]32)CC1. The van der Waals surface area contributed by atoms with E-state index in [0.717, 1.165) is 25.7 Å². The summed E-state index contributed by atoms with van der Waals surface area (Å²) in [6, 6.07) is 0.614. The average Bonchev–Trinajstić information content (AvgIpc) is 3.31. The summed E-state index contributed by atoms with van der Waals surface area (Å²) in [4.78, 5) is 5.35. The Morgan fingerprint density at radius 3 is 2.59 bits per heavy atom. The Morgan fingerprint density at radius 1 is 0.909 bits per heavy atom. The highest BCUT2D eigenvalue weighted by Gasteiger charge is 2.43. The standard InChI is InChI=1S/C18H32N2O2/c1-2-8-19(9-3-1)10-11-20-12-13-21-18-16(20)6-7-17(18)22-14-15-4-5-15/h15-18H,1-14H2/t16-,17+,18+/m0/s1. The fourth-order valence-corrected chi connectivity index (χ4v) is 4.44. The lowest BCUT2D eigenvalue weighted by atomic mass is 10.1. The minimum atomic E-state index is 0.342. The molecule has 2 aliphatic heterocycles. The molecule has 2 aliphatic carbocycles.